The fourth-order valence-electron chi connectivity index (χ4n) is 1.29. The van der Waals surface area contributed by atoms with Gasteiger partial charge in [-0.2, -0.15) is 0 Å². The molecule has 13 heavy (non-hydrogen) atoms. The second-order valence-corrected chi connectivity index (χ2v) is 4.97. The van der Waals surface area contributed by atoms with Crippen LogP contribution in [0.5, 0.6) is 0 Å². The number of halogens is 2. The molecule has 0 bridgehead atoms. The van der Waals surface area contributed by atoms with Crippen molar-refractivity contribution in [1.82, 2.24) is 0 Å². The molecule has 1 aromatic carbocycles. The number of hydrogen-bond donors (Lipinski definition) is 0. The van der Waals surface area contributed by atoms with Gasteiger partial charge in [0.15, 0.2) is 0 Å². The van der Waals surface area contributed by atoms with E-state index in [9.17, 15) is 4.39 Å². The fraction of sp³-hybridized carbons (Fsp3) is 0.455. The van der Waals surface area contributed by atoms with Crippen LogP contribution in [0.3, 0.4) is 0 Å². The van der Waals surface area contributed by atoms with Crippen LogP contribution < -0.4 is 0 Å². The highest BCUT2D eigenvalue weighted by atomic mass is 79.9. The zero-order chi connectivity index (χ0) is 10.0. The van der Waals surface area contributed by atoms with Crippen LogP contribution in [0.4, 0.5) is 4.39 Å². The van der Waals surface area contributed by atoms with Crippen molar-refractivity contribution >= 4 is 15.9 Å². The lowest BCUT2D eigenvalue weighted by Crippen LogP contribution is -2.05. The van der Waals surface area contributed by atoms with Crippen molar-refractivity contribution in [2.75, 3.05) is 0 Å². The van der Waals surface area contributed by atoms with Crippen LogP contribution in [0, 0.1) is 12.7 Å². The summed E-state index contributed by atoms with van der Waals surface area (Å²) in [6.07, 6.45) is 0. The Kier molecular flexibility index (Phi) is 3.48. The lowest BCUT2D eigenvalue weighted by molar-refractivity contribution is 0.619. The van der Waals surface area contributed by atoms with Gasteiger partial charge >= 0.3 is 0 Å². The van der Waals surface area contributed by atoms with E-state index in [4.69, 9.17) is 0 Å². The van der Waals surface area contributed by atoms with E-state index in [1.807, 2.05) is 13.0 Å². The van der Waals surface area contributed by atoms with Gasteiger partial charge in [-0.1, -0.05) is 35.8 Å². The maximum absolute atomic E-state index is 13.0. The van der Waals surface area contributed by atoms with Gasteiger partial charge in [-0.25, -0.2) is 4.39 Å². The molecule has 0 aliphatic carbocycles. The molecular formula is C11H14BrF. The summed E-state index contributed by atoms with van der Waals surface area (Å²) in [4.78, 5) is 0.369. The lowest BCUT2D eigenvalue weighted by Gasteiger charge is -2.15. The molecule has 72 valence electrons. The monoisotopic (exact) mass is 244 g/mol. The van der Waals surface area contributed by atoms with E-state index in [2.05, 4.69) is 29.8 Å². The molecule has 0 fully saturated rings. The number of benzene rings is 1. The Hall–Kier alpha value is -0.370. The van der Waals surface area contributed by atoms with Crippen LogP contribution in [0.25, 0.3) is 0 Å². The summed E-state index contributed by atoms with van der Waals surface area (Å²) in [5.41, 5.74) is 2.04. The second kappa shape index (κ2) is 4.23. The van der Waals surface area contributed by atoms with Gasteiger partial charge in [0.1, 0.15) is 5.82 Å². The molecule has 0 aliphatic heterocycles. The first-order valence-corrected chi connectivity index (χ1v) is 5.33. The standard InChI is InChI=1S/C11H14BrF/c1-7-4-10(6-11(13)5-7)8(2)9(3)12/h4-6,8-9H,1-3H3. The minimum Gasteiger partial charge on any atom is -0.207 e. The maximum atomic E-state index is 13.0. The third kappa shape index (κ3) is 2.80. The van der Waals surface area contributed by atoms with E-state index in [1.165, 1.54) is 0 Å². The number of hydrogen-bond acceptors (Lipinski definition) is 0. The summed E-state index contributed by atoms with van der Waals surface area (Å²) < 4.78 is 13.0. The molecule has 2 unspecified atom stereocenters. The van der Waals surface area contributed by atoms with Crippen LogP contribution in [0.1, 0.15) is 30.9 Å². The molecule has 0 spiro atoms. The van der Waals surface area contributed by atoms with Crippen molar-refractivity contribution in [2.45, 2.75) is 31.5 Å². The van der Waals surface area contributed by atoms with Crippen molar-refractivity contribution in [3.63, 3.8) is 0 Å². The van der Waals surface area contributed by atoms with Crippen molar-refractivity contribution in [3.05, 3.63) is 35.1 Å². The Bertz CT molecular complexity index is 274. The highest BCUT2D eigenvalue weighted by Crippen LogP contribution is 2.25. The van der Waals surface area contributed by atoms with E-state index in [0.717, 1.165) is 11.1 Å². The Balaban J connectivity index is 3.01. The largest absolute Gasteiger partial charge is 0.207 e. The Morgan fingerprint density at radius 3 is 2.31 bits per heavy atom. The first-order valence-electron chi connectivity index (χ1n) is 4.42. The van der Waals surface area contributed by atoms with Gasteiger partial charge in [0.25, 0.3) is 0 Å². The molecule has 0 saturated carbocycles. The molecule has 2 atom stereocenters. The Morgan fingerprint density at radius 1 is 1.23 bits per heavy atom. The van der Waals surface area contributed by atoms with Crippen LogP contribution >= 0.6 is 15.9 Å². The van der Waals surface area contributed by atoms with Crippen molar-refractivity contribution < 1.29 is 4.39 Å². The predicted molar refractivity (Wildman–Crippen MR) is 57.9 cm³/mol. The zero-order valence-corrected chi connectivity index (χ0v) is 9.73. The predicted octanol–water partition coefficient (Wildman–Crippen LogP) is 4.02. The Morgan fingerprint density at radius 2 is 1.85 bits per heavy atom. The zero-order valence-electron chi connectivity index (χ0n) is 8.14. The van der Waals surface area contributed by atoms with Gasteiger partial charge in [-0.15, -0.1) is 0 Å². The highest BCUT2D eigenvalue weighted by molar-refractivity contribution is 9.09. The summed E-state index contributed by atoms with van der Waals surface area (Å²) in [6.45, 7) is 6.08. The van der Waals surface area contributed by atoms with Gasteiger partial charge in [0.05, 0.1) is 0 Å². The first kappa shape index (κ1) is 10.7. The molecule has 0 nitrogen and oxygen atoms in total. The molecule has 0 amide bonds. The maximum Gasteiger partial charge on any atom is 0.123 e. The van der Waals surface area contributed by atoms with Crippen molar-refractivity contribution in [3.8, 4) is 0 Å². The highest BCUT2D eigenvalue weighted by Gasteiger charge is 2.12. The van der Waals surface area contributed by atoms with Crippen LogP contribution in [-0.2, 0) is 0 Å². The van der Waals surface area contributed by atoms with Gasteiger partial charge < -0.3 is 0 Å². The third-order valence-corrected chi connectivity index (χ3v) is 3.07. The molecule has 0 N–H and O–H groups in total. The lowest BCUT2D eigenvalue weighted by atomic mass is 9.97. The number of aryl methyl sites for hydroxylation is 1. The minimum atomic E-state index is -0.144. The normalized spacial score (nSPS) is 15.5. The van der Waals surface area contributed by atoms with Crippen LogP contribution in [0.2, 0.25) is 0 Å². The van der Waals surface area contributed by atoms with Crippen molar-refractivity contribution in [2.24, 2.45) is 0 Å². The molecule has 0 saturated heterocycles. The van der Waals surface area contributed by atoms with Gasteiger partial charge in [-0.05, 0) is 36.1 Å². The smallest absolute Gasteiger partial charge is 0.123 e. The van der Waals surface area contributed by atoms with E-state index in [0.29, 0.717) is 10.7 Å². The second-order valence-electron chi connectivity index (χ2n) is 3.53. The molecule has 0 heterocycles. The van der Waals surface area contributed by atoms with Crippen molar-refractivity contribution in [1.29, 1.82) is 0 Å². The molecule has 0 aliphatic rings. The average molecular weight is 245 g/mol. The minimum absolute atomic E-state index is 0.144. The molecule has 1 rings (SSSR count). The third-order valence-electron chi connectivity index (χ3n) is 2.28. The van der Waals surface area contributed by atoms with E-state index in [1.54, 1.807) is 12.1 Å². The van der Waals surface area contributed by atoms with Crippen LogP contribution in [0.15, 0.2) is 18.2 Å². The number of rotatable bonds is 2. The summed E-state index contributed by atoms with van der Waals surface area (Å²) in [7, 11) is 0. The molecule has 0 aromatic heterocycles. The Labute approximate surface area is 87.3 Å². The van der Waals surface area contributed by atoms with Crippen LogP contribution in [-0.4, -0.2) is 4.83 Å². The summed E-state index contributed by atoms with van der Waals surface area (Å²) in [6, 6.07) is 5.19. The quantitative estimate of drug-likeness (QED) is 0.690. The van der Waals surface area contributed by atoms with E-state index >= 15 is 0 Å². The average Bonchev–Trinajstić information content (AvgIpc) is 2.01. The molecule has 2 heteroatoms. The first-order chi connectivity index (χ1) is 6.00. The molecule has 0 radical (unpaired) electrons. The van der Waals surface area contributed by atoms with Gasteiger partial charge in [0.2, 0.25) is 0 Å². The summed E-state index contributed by atoms with van der Waals surface area (Å²) in [5.74, 6) is 0.199. The SMILES string of the molecule is Cc1cc(F)cc(C(C)C(C)Br)c1. The van der Waals surface area contributed by atoms with E-state index < -0.39 is 0 Å². The van der Waals surface area contributed by atoms with Gasteiger partial charge in [0, 0.05) is 4.83 Å². The number of alkyl halides is 1. The summed E-state index contributed by atoms with van der Waals surface area (Å²) in [5, 5.41) is 0. The molecular weight excluding hydrogens is 231 g/mol. The fourth-order valence-corrected chi connectivity index (χ4v) is 1.60. The molecule has 1 aromatic rings. The topological polar surface area (TPSA) is 0 Å². The summed E-state index contributed by atoms with van der Waals surface area (Å²) >= 11 is 3.50. The van der Waals surface area contributed by atoms with Gasteiger partial charge in [-0.3, -0.25) is 0 Å². The van der Waals surface area contributed by atoms with E-state index in [-0.39, 0.29) is 5.82 Å².